The highest BCUT2D eigenvalue weighted by Gasteiger charge is 2.46. The SMILES string of the molecule is COc1ccc(-c2[nH]ncc2CN2CCC3(CC2)Nc2ccccc2C2=NCCN23)cc1. The van der Waals surface area contributed by atoms with Crippen molar-refractivity contribution >= 4 is 11.5 Å². The molecular formula is C25H28N6O. The number of piperidine rings is 1. The normalized spacial score (nSPS) is 19.3. The monoisotopic (exact) mass is 428 g/mol. The number of aromatic amines is 1. The number of ether oxygens (including phenoxy) is 1. The van der Waals surface area contributed by atoms with Crippen molar-refractivity contribution in [2.75, 3.05) is 38.6 Å². The van der Waals surface area contributed by atoms with Crippen LogP contribution in [0.4, 0.5) is 5.69 Å². The second-order valence-corrected chi connectivity index (χ2v) is 8.83. The topological polar surface area (TPSA) is 68.8 Å². The second kappa shape index (κ2) is 7.67. The third kappa shape index (κ3) is 3.15. The Bertz CT molecular complexity index is 1140. The van der Waals surface area contributed by atoms with E-state index >= 15 is 0 Å². The smallest absolute Gasteiger partial charge is 0.134 e. The zero-order chi connectivity index (χ0) is 21.5. The fraction of sp³-hybridized carbons (Fsp3) is 0.360. The molecule has 0 aliphatic carbocycles. The lowest BCUT2D eigenvalue weighted by molar-refractivity contribution is 0.0897. The number of anilines is 1. The minimum atomic E-state index is -0.0323. The molecule has 3 aliphatic rings. The molecule has 0 atom stereocenters. The van der Waals surface area contributed by atoms with Crippen LogP contribution in [-0.4, -0.2) is 64.8 Å². The maximum absolute atomic E-state index is 5.29. The molecular weight excluding hydrogens is 400 g/mol. The number of H-pyrrole nitrogens is 1. The lowest BCUT2D eigenvalue weighted by Crippen LogP contribution is -2.63. The number of aromatic nitrogens is 2. The molecule has 1 saturated heterocycles. The van der Waals surface area contributed by atoms with Gasteiger partial charge in [0.2, 0.25) is 0 Å². The Morgan fingerprint density at radius 2 is 1.84 bits per heavy atom. The zero-order valence-corrected chi connectivity index (χ0v) is 18.3. The summed E-state index contributed by atoms with van der Waals surface area (Å²) in [5.74, 6) is 2.03. The number of fused-ring (bicyclic) bond motifs is 4. The van der Waals surface area contributed by atoms with Gasteiger partial charge in [-0.2, -0.15) is 5.10 Å². The van der Waals surface area contributed by atoms with Crippen molar-refractivity contribution in [1.82, 2.24) is 20.0 Å². The van der Waals surface area contributed by atoms with E-state index in [1.807, 2.05) is 18.3 Å². The molecule has 0 amide bonds. The summed E-state index contributed by atoms with van der Waals surface area (Å²) in [4.78, 5) is 9.91. The molecule has 0 radical (unpaired) electrons. The first-order valence-electron chi connectivity index (χ1n) is 11.3. The first-order valence-corrected chi connectivity index (χ1v) is 11.3. The Labute approximate surface area is 188 Å². The molecule has 1 fully saturated rings. The van der Waals surface area contributed by atoms with Gasteiger partial charge in [-0.15, -0.1) is 0 Å². The summed E-state index contributed by atoms with van der Waals surface area (Å²) in [7, 11) is 1.69. The van der Waals surface area contributed by atoms with Gasteiger partial charge in [-0.3, -0.25) is 15.0 Å². The van der Waals surface area contributed by atoms with Crippen molar-refractivity contribution in [3.8, 4) is 17.0 Å². The van der Waals surface area contributed by atoms with E-state index in [2.05, 4.69) is 61.7 Å². The van der Waals surface area contributed by atoms with Crippen LogP contribution in [0, 0.1) is 0 Å². The summed E-state index contributed by atoms with van der Waals surface area (Å²) in [6, 6.07) is 16.7. The van der Waals surface area contributed by atoms with Gasteiger partial charge in [-0.25, -0.2) is 0 Å². The molecule has 164 valence electrons. The molecule has 2 aromatic carbocycles. The third-order valence-corrected chi connectivity index (χ3v) is 7.07. The van der Waals surface area contributed by atoms with Crippen LogP contribution in [-0.2, 0) is 6.54 Å². The van der Waals surface area contributed by atoms with Gasteiger partial charge in [-0.05, 0) is 36.4 Å². The van der Waals surface area contributed by atoms with Gasteiger partial charge in [-0.1, -0.05) is 12.1 Å². The van der Waals surface area contributed by atoms with Gasteiger partial charge in [0.25, 0.3) is 0 Å². The van der Waals surface area contributed by atoms with Crippen LogP contribution in [0.2, 0.25) is 0 Å². The Morgan fingerprint density at radius 3 is 2.66 bits per heavy atom. The predicted molar refractivity (Wildman–Crippen MR) is 126 cm³/mol. The maximum Gasteiger partial charge on any atom is 0.134 e. The zero-order valence-electron chi connectivity index (χ0n) is 18.3. The number of nitrogens with one attached hydrogen (secondary N) is 2. The molecule has 32 heavy (non-hydrogen) atoms. The minimum Gasteiger partial charge on any atom is -0.497 e. The number of hydrogen-bond donors (Lipinski definition) is 2. The number of nitrogens with zero attached hydrogens (tertiary/aromatic N) is 4. The van der Waals surface area contributed by atoms with E-state index in [4.69, 9.17) is 9.73 Å². The lowest BCUT2D eigenvalue weighted by Gasteiger charge is -2.52. The number of aliphatic imine (C=N–C) groups is 1. The summed E-state index contributed by atoms with van der Waals surface area (Å²) >= 11 is 0. The predicted octanol–water partition coefficient (Wildman–Crippen LogP) is 3.57. The van der Waals surface area contributed by atoms with Crippen molar-refractivity contribution in [1.29, 1.82) is 0 Å². The van der Waals surface area contributed by atoms with Gasteiger partial charge in [0, 0.05) is 61.4 Å². The van der Waals surface area contributed by atoms with Crippen molar-refractivity contribution in [2.24, 2.45) is 4.99 Å². The van der Waals surface area contributed by atoms with Gasteiger partial charge in [0.1, 0.15) is 17.2 Å². The van der Waals surface area contributed by atoms with E-state index < -0.39 is 0 Å². The first kappa shape index (κ1) is 19.4. The van der Waals surface area contributed by atoms with Crippen LogP contribution >= 0.6 is 0 Å². The van der Waals surface area contributed by atoms with Gasteiger partial charge in [0.05, 0.1) is 25.5 Å². The highest BCUT2D eigenvalue weighted by atomic mass is 16.5. The number of amidine groups is 1. The number of rotatable bonds is 4. The molecule has 7 nitrogen and oxygen atoms in total. The fourth-order valence-corrected chi connectivity index (χ4v) is 5.36. The van der Waals surface area contributed by atoms with Crippen molar-refractivity contribution in [2.45, 2.75) is 25.0 Å². The van der Waals surface area contributed by atoms with Crippen LogP contribution in [0.15, 0.2) is 59.7 Å². The van der Waals surface area contributed by atoms with Crippen LogP contribution in [0.1, 0.15) is 24.0 Å². The van der Waals surface area contributed by atoms with Crippen molar-refractivity contribution < 1.29 is 4.74 Å². The Morgan fingerprint density at radius 1 is 1.03 bits per heavy atom. The number of hydrogen-bond acceptors (Lipinski definition) is 6. The van der Waals surface area contributed by atoms with Gasteiger partial charge >= 0.3 is 0 Å². The molecule has 1 aromatic heterocycles. The Balaban J connectivity index is 1.18. The Kier molecular flexibility index (Phi) is 4.64. The number of benzene rings is 2. The van der Waals surface area contributed by atoms with E-state index in [1.165, 1.54) is 22.6 Å². The lowest BCUT2D eigenvalue weighted by atomic mass is 9.90. The van der Waals surface area contributed by atoms with E-state index in [-0.39, 0.29) is 5.66 Å². The molecule has 4 heterocycles. The molecule has 3 aromatic rings. The van der Waals surface area contributed by atoms with E-state index in [9.17, 15) is 0 Å². The Hall–Kier alpha value is -3.32. The maximum atomic E-state index is 5.29. The van der Waals surface area contributed by atoms with Crippen molar-refractivity contribution in [3.63, 3.8) is 0 Å². The average Bonchev–Trinajstić information content (AvgIpc) is 3.52. The van der Waals surface area contributed by atoms with Crippen LogP contribution < -0.4 is 10.1 Å². The number of methoxy groups -OCH3 is 1. The number of para-hydroxylation sites is 1. The fourth-order valence-electron chi connectivity index (χ4n) is 5.36. The van der Waals surface area contributed by atoms with E-state index in [0.29, 0.717) is 0 Å². The standard InChI is InChI=1S/C25H28N6O/c1-32-20-8-6-18(7-9-20)23-19(16-27-29-23)17-30-13-10-25(11-14-30)28-22-5-3-2-4-21(22)24-26-12-15-31(24)25/h2-9,16,28H,10-15,17H2,1H3,(H,27,29). The molecule has 1 spiro atoms. The highest BCUT2D eigenvalue weighted by Crippen LogP contribution is 2.39. The second-order valence-electron chi connectivity index (χ2n) is 8.83. The summed E-state index contributed by atoms with van der Waals surface area (Å²) in [6.45, 7) is 4.85. The molecule has 0 unspecified atom stereocenters. The van der Waals surface area contributed by atoms with E-state index in [0.717, 1.165) is 62.6 Å². The summed E-state index contributed by atoms with van der Waals surface area (Å²) in [5, 5.41) is 11.4. The molecule has 6 rings (SSSR count). The van der Waals surface area contributed by atoms with Gasteiger partial charge in [0.15, 0.2) is 0 Å². The molecule has 3 aliphatic heterocycles. The van der Waals surface area contributed by atoms with Crippen LogP contribution in [0.3, 0.4) is 0 Å². The summed E-state index contributed by atoms with van der Waals surface area (Å²) in [5.41, 5.74) is 5.88. The molecule has 7 heteroatoms. The van der Waals surface area contributed by atoms with Gasteiger partial charge < -0.3 is 15.0 Å². The quantitative estimate of drug-likeness (QED) is 0.665. The van der Waals surface area contributed by atoms with Crippen LogP contribution in [0.25, 0.3) is 11.3 Å². The van der Waals surface area contributed by atoms with Crippen molar-refractivity contribution in [3.05, 3.63) is 65.9 Å². The average molecular weight is 429 g/mol. The molecule has 0 saturated carbocycles. The number of likely N-dealkylation sites (tertiary alicyclic amines) is 1. The molecule has 0 bridgehead atoms. The van der Waals surface area contributed by atoms with Crippen LogP contribution in [0.5, 0.6) is 5.75 Å². The highest BCUT2D eigenvalue weighted by molar-refractivity contribution is 6.06. The molecule has 2 N–H and O–H groups in total. The summed E-state index contributed by atoms with van der Waals surface area (Å²) < 4.78 is 5.29. The largest absolute Gasteiger partial charge is 0.497 e. The summed E-state index contributed by atoms with van der Waals surface area (Å²) in [6.07, 6.45) is 4.09. The first-order chi connectivity index (χ1) is 15.8. The van der Waals surface area contributed by atoms with E-state index in [1.54, 1.807) is 7.11 Å². The minimum absolute atomic E-state index is 0.0323. The third-order valence-electron chi connectivity index (χ3n) is 7.07.